The van der Waals surface area contributed by atoms with E-state index in [2.05, 4.69) is 231 Å². The molecule has 10 aromatic rings. The van der Waals surface area contributed by atoms with Gasteiger partial charge in [-0.05, 0) is 86.1 Å². The van der Waals surface area contributed by atoms with Crippen LogP contribution < -0.4 is 4.90 Å². The van der Waals surface area contributed by atoms with Gasteiger partial charge in [0.2, 0.25) is 0 Å². The number of para-hydroxylation sites is 2. The summed E-state index contributed by atoms with van der Waals surface area (Å²) in [4.78, 5) is 2.63. The van der Waals surface area contributed by atoms with E-state index in [1.54, 1.807) is 0 Å². The van der Waals surface area contributed by atoms with Crippen LogP contribution in [0.2, 0.25) is 0 Å². The average molecular weight is 769 g/mol. The van der Waals surface area contributed by atoms with Gasteiger partial charge in [-0.3, -0.25) is 0 Å². The Balaban J connectivity index is 1.25. The van der Waals surface area contributed by atoms with E-state index in [0.717, 1.165) is 11.4 Å². The van der Waals surface area contributed by atoms with E-state index in [1.165, 1.54) is 99.6 Å². The van der Waals surface area contributed by atoms with E-state index in [-0.39, 0.29) is 10.8 Å². The average Bonchev–Trinajstić information content (AvgIpc) is 3.84. The summed E-state index contributed by atoms with van der Waals surface area (Å²) in [5.74, 6) is 0. The Kier molecular flexibility index (Phi) is 7.36. The lowest BCUT2D eigenvalue weighted by Gasteiger charge is -2.33. The second kappa shape index (κ2) is 12.7. The van der Waals surface area contributed by atoms with Crippen LogP contribution in [0.1, 0.15) is 49.9 Å². The summed E-state index contributed by atoms with van der Waals surface area (Å²) in [7, 11) is 0. The molecule has 0 N–H and O–H groups in total. The fraction of sp³-hybridized carbons (Fsp3) is 0.103. The van der Waals surface area contributed by atoms with Crippen LogP contribution in [0.15, 0.2) is 194 Å². The molecule has 1 aromatic heterocycles. The minimum Gasteiger partial charge on any atom is -0.309 e. The molecule has 2 aliphatic rings. The fourth-order valence-electron chi connectivity index (χ4n) is 11.0. The Bertz CT molecular complexity index is 3230. The number of aromatic nitrogens is 1. The molecule has 12 rings (SSSR count). The number of hydrogen-bond donors (Lipinski definition) is 0. The van der Waals surface area contributed by atoms with E-state index in [9.17, 15) is 0 Å². The van der Waals surface area contributed by atoms with Gasteiger partial charge in [-0.15, -0.1) is 0 Å². The highest BCUT2D eigenvalue weighted by Crippen LogP contribution is 2.59. The van der Waals surface area contributed by atoms with Crippen LogP contribution >= 0.6 is 0 Å². The summed E-state index contributed by atoms with van der Waals surface area (Å²) in [6.07, 6.45) is 0. The lowest BCUT2D eigenvalue weighted by molar-refractivity contribution is 0.660. The van der Waals surface area contributed by atoms with E-state index < -0.39 is 0 Å². The van der Waals surface area contributed by atoms with E-state index >= 15 is 0 Å². The van der Waals surface area contributed by atoms with E-state index in [0.29, 0.717) is 0 Å². The summed E-state index contributed by atoms with van der Waals surface area (Å²) >= 11 is 0. The highest BCUT2D eigenvalue weighted by atomic mass is 15.2. The predicted octanol–water partition coefficient (Wildman–Crippen LogP) is 15.7. The Morgan fingerprint density at radius 1 is 0.350 bits per heavy atom. The molecule has 2 nitrogen and oxygen atoms in total. The van der Waals surface area contributed by atoms with Gasteiger partial charge in [0.05, 0.1) is 28.1 Å². The molecule has 0 saturated carbocycles. The molecule has 286 valence electrons. The molecule has 0 spiro atoms. The zero-order valence-electron chi connectivity index (χ0n) is 34.4. The van der Waals surface area contributed by atoms with Crippen LogP contribution in [0.25, 0.3) is 71.6 Å². The minimum atomic E-state index is -0.163. The molecule has 1 heterocycles. The zero-order valence-corrected chi connectivity index (χ0v) is 34.4. The number of hydrogen-bond acceptors (Lipinski definition) is 1. The summed E-state index contributed by atoms with van der Waals surface area (Å²) in [5.41, 5.74) is 19.7. The molecule has 0 atom stereocenters. The smallest absolute Gasteiger partial charge is 0.0561 e. The van der Waals surface area contributed by atoms with Gasteiger partial charge in [0.25, 0.3) is 0 Å². The largest absolute Gasteiger partial charge is 0.309 e. The number of nitrogens with zero attached hydrogens (tertiary/aromatic N) is 2. The van der Waals surface area contributed by atoms with Crippen LogP contribution in [0.3, 0.4) is 0 Å². The van der Waals surface area contributed by atoms with Crippen LogP contribution in [-0.2, 0) is 10.8 Å². The van der Waals surface area contributed by atoms with Crippen molar-refractivity contribution < 1.29 is 0 Å². The SMILES string of the molecule is CC1(C)c2ccccc2-c2c(N(c3cc(-n4c5ccccc5c5ccccc54)ccc3-c3cccc4ccccc34)c3cccc4c3-c3ccccc3C4(C)C)cccc21. The van der Waals surface area contributed by atoms with Gasteiger partial charge in [0.1, 0.15) is 0 Å². The molecule has 0 aliphatic heterocycles. The third-order valence-corrected chi connectivity index (χ3v) is 13.8. The number of benzene rings is 9. The monoisotopic (exact) mass is 768 g/mol. The molecule has 0 amide bonds. The van der Waals surface area contributed by atoms with Gasteiger partial charge in [-0.25, -0.2) is 0 Å². The topological polar surface area (TPSA) is 8.17 Å². The molecular weight excluding hydrogens is 725 g/mol. The van der Waals surface area contributed by atoms with Crippen molar-refractivity contribution in [2.24, 2.45) is 0 Å². The summed E-state index contributed by atoms with van der Waals surface area (Å²) < 4.78 is 2.46. The number of fused-ring (bicyclic) bond motifs is 10. The molecule has 60 heavy (non-hydrogen) atoms. The standard InChI is InChI=1S/C58H44N2/c1-57(2)46-26-11-7-23-44(46)55-48(57)28-16-32-52(55)60(53-33-17-29-49-56(53)45-24-8-12-27-47(45)58(49,3)4)54-36-38(34-35-43(54)40-25-15-19-37-18-5-6-20-39(37)40)59-50-30-13-9-21-41(50)42-22-10-14-31-51(42)59/h5-36H,1-4H3. The Labute approximate surface area is 351 Å². The van der Waals surface area contributed by atoms with Crippen molar-refractivity contribution in [3.63, 3.8) is 0 Å². The molecule has 0 fully saturated rings. The van der Waals surface area contributed by atoms with Crippen LogP contribution in [0.5, 0.6) is 0 Å². The van der Waals surface area contributed by atoms with Gasteiger partial charge >= 0.3 is 0 Å². The normalized spacial score (nSPS) is 14.3. The van der Waals surface area contributed by atoms with Crippen molar-refractivity contribution in [2.45, 2.75) is 38.5 Å². The van der Waals surface area contributed by atoms with Crippen LogP contribution in [0.4, 0.5) is 17.1 Å². The van der Waals surface area contributed by atoms with Crippen molar-refractivity contribution in [1.29, 1.82) is 0 Å². The molecule has 0 bridgehead atoms. The Hall–Kier alpha value is -7.16. The lowest BCUT2D eigenvalue weighted by atomic mass is 9.82. The maximum absolute atomic E-state index is 2.63. The van der Waals surface area contributed by atoms with Gasteiger partial charge < -0.3 is 9.47 Å². The summed E-state index contributed by atoms with van der Waals surface area (Å²) in [5, 5.41) is 4.97. The molecule has 0 saturated heterocycles. The summed E-state index contributed by atoms with van der Waals surface area (Å²) in [6, 6.07) is 72.5. The van der Waals surface area contributed by atoms with Gasteiger partial charge in [-0.2, -0.15) is 0 Å². The third kappa shape index (κ3) is 4.76. The van der Waals surface area contributed by atoms with Crippen molar-refractivity contribution in [3.05, 3.63) is 216 Å². The van der Waals surface area contributed by atoms with E-state index in [1.807, 2.05) is 0 Å². The first-order chi connectivity index (χ1) is 29.3. The van der Waals surface area contributed by atoms with Crippen molar-refractivity contribution in [1.82, 2.24) is 4.57 Å². The molecule has 0 radical (unpaired) electrons. The first-order valence-electron chi connectivity index (χ1n) is 21.2. The molecule has 2 heteroatoms. The highest BCUT2D eigenvalue weighted by Gasteiger charge is 2.41. The Morgan fingerprint density at radius 2 is 0.800 bits per heavy atom. The zero-order chi connectivity index (χ0) is 40.3. The molecule has 9 aromatic carbocycles. The maximum atomic E-state index is 2.63. The van der Waals surface area contributed by atoms with Crippen molar-refractivity contribution >= 4 is 49.6 Å². The van der Waals surface area contributed by atoms with E-state index in [4.69, 9.17) is 0 Å². The van der Waals surface area contributed by atoms with Gasteiger partial charge in [0.15, 0.2) is 0 Å². The second-order valence-electron chi connectivity index (χ2n) is 17.7. The lowest BCUT2D eigenvalue weighted by Crippen LogP contribution is -2.18. The maximum Gasteiger partial charge on any atom is 0.0561 e. The first-order valence-corrected chi connectivity index (χ1v) is 21.2. The second-order valence-corrected chi connectivity index (χ2v) is 17.7. The van der Waals surface area contributed by atoms with Crippen LogP contribution in [-0.4, -0.2) is 4.57 Å². The molecular formula is C58H44N2. The first kappa shape index (κ1) is 34.8. The highest BCUT2D eigenvalue weighted by molar-refractivity contribution is 6.10. The minimum absolute atomic E-state index is 0.163. The fourth-order valence-corrected chi connectivity index (χ4v) is 11.0. The number of anilines is 3. The van der Waals surface area contributed by atoms with Crippen molar-refractivity contribution in [2.75, 3.05) is 4.90 Å². The van der Waals surface area contributed by atoms with Gasteiger partial charge in [0, 0.05) is 44.0 Å². The number of rotatable bonds is 5. The van der Waals surface area contributed by atoms with Crippen LogP contribution in [0, 0.1) is 0 Å². The van der Waals surface area contributed by atoms with Crippen molar-refractivity contribution in [3.8, 4) is 39.1 Å². The molecule has 2 aliphatic carbocycles. The molecule has 0 unspecified atom stereocenters. The Morgan fingerprint density at radius 3 is 1.40 bits per heavy atom. The summed E-state index contributed by atoms with van der Waals surface area (Å²) in [6.45, 7) is 9.54. The quantitative estimate of drug-likeness (QED) is 0.169. The third-order valence-electron chi connectivity index (χ3n) is 13.8. The van der Waals surface area contributed by atoms with Gasteiger partial charge in [-0.1, -0.05) is 185 Å². The predicted molar refractivity (Wildman–Crippen MR) is 254 cm³/mol.